The molecular formula is C34H23NO. The van der Waals surface area contributed by atoms with Crippen LogP contribution in [0.1, 0.15) is 0 Å². The van der Waals surface area contributed by atoms with Gasteiger partial charge in [-0.25, -0.2) is 0 Å². The molecule has 0 bridgehead atoms. The van der Waals surface area contributed by atoms with Crippen LogP contribution in [0.4, 0.5) is 11.4 Å². The average molecular weight is 462 g/mol. The van der Waals surface area contributed by atoms with Gasteiger partial charge in [-0.3, -0.25) is 0 Å². The Bertz CT molecular complexity index is 1860. The maximum absolute atomic E-state index is 6.23. The Morgan fingerprint density at radius 1 is 0.444 bits per heavy atom. The van der Waals surface area contributed by atoms with Gasteiger partial charge in [0.2, 0.25) is 0 Å². The molecule has 6 aromatic carbocycles. The highest BCUT2D eigenvalue weighted by Gasteiger charge is 2.12. The number of anilines is 2. The molecule has 7 aromatic rings. The molecule has 1 aromatic heterocycles. The van der Waals surface area contributed by atoms with Crippen LogP contribution in [0.15, 0.2) is 138 Å². The minimum absolute atomic E-state index is 0.921. The maximum Gasteiger partial charge on any atom is 0.143 e. The monoisotopic (exact) mass is 461 g/mol. The van der Waals surface area contributed by atoms with Crippen LogP contribution in [-0.4, -0.2) is 0 Å². The van der Waals surface area contributed by atoms with E-state index < -0.39 is 0 Å². The molecular weight excluding hydrogens is 438 g/mol. The largest absolute Gasteiger partial charge is 0.455 e. The highest BCUT2D eigenvalue weighted by atomic mass is 16.3. The van der Waals surface area contributed by atoms with E-state index in [0.717, 1.165) is 44.4 Å². The molecule has 0 unspecified atom stereocenters. The number of rotatable bonds is 4. The van der Waals surface area contributed by atoms with Gasteiger partial charge in [0.25, 0.3) is 0 Å². The summed E-state index contributed by atoms with van der Waals surface area (Å²) >= 11 is 0. The number of furan rings is 1. The van der Waals surface area contributed by atoms with Crippen LogP contribution in [0.3, 0.4) is 0 Å². The zero-order chi connectivity index (χ0) is 23.9. The summed E-state index contributed by atoms with van der Waals surface area (Å²) < 4.78 is 6.23. The smallest absolute Gasteiger partial charge is 0.143 e. The molecule has 0 radical (unpaired) electrons. The number of hydrogen-bond acceptors (Lipinski definition) is 2. The Morgan fingerprint density at radius 3 is 2.06 bits per heavy atom. The van der Waals surface area contributed by atoms with E-state index in [1.165, 1.54) is 21.9 Å². The highest BCUT2D eigenvalue weighted by molar-refractivity contribution is 6.09. The highest BCUT2D eigenvalue weighted by Crippen LogP contribution is 2.36. The third-order valence-corrected chi connectivity index (χ3v) is 6.85. The van der Waals surface area contributed by atoms with Gasteiger partial charge in [0.05, 0.1) is 0 Å². The van der Waals surface area contributed by atoms with Gasteiger partial charge >= 0.3 is 0 Å². The van der Waals surface area contributed by atoms with Crippen LogP contribution >= 0.6 is 0 Å². The Hall–Kier alpha value is -4.82. The number of para-hydroxylation sites is 2. The molecule has 2 nitrogen and oxygen atoms in total. The zero-order valence-electron chi connectivity index (χ0n) is 19.6. The van der Waals surface area contributed by atoms with Crippen LogP contribution in [0.2, 0.25) is 0 Å². The summed E-state index contributed by atoms with van der Waals surface area (Å²) in [5, 5.41) is 8.39. The van der Waals surface area contributed by atoms with Crippen LogP contribution in [-0.2, 0) is 0 Å². The van der Waals surface area contributed by atoms with E-state index in [1.807, 2.05) is 12.1 Å². The van der Waals surface area contributed by atoms with Crippen molar-refractivity contribution >= 4 is 44.1 Å². The molecule has 0 atom stereocenters. The first-order valence-corrected chi connectivity index (χ1v) is 12.2. The topological polar surface area (TPSA) is 25.2 Å². The summed E-state index contributed by atoms with van der Waals surface area (Å²) in [5.41, 5.74) is 8.64. The molecule has 0 saturated carbocycles. The second-order valence-electron chi connectivity index (χ2n) is 9.09. The van der Waals surface area contributed by atoms with Gasteiger partial charge in [0.1, 0.15) is 11.2 Å². The maximum atomic E-state index is 6.23. The standard InChI is InChI=1S/C34H23NO/c1-2-12-28-23(8-1)9-6-14-29(28)25-10-5-11-27(22-25)35-26-20-18-24(19-21-26)30-15-7-16-32-31-13-3-4-17-33(31)36-34(30)32/h1-22,35H. The molecule has 0 spiro atoms. The van der Waals surface area contributed by atoms with Gasteiger partial charge in [-0.1, -0.05) is 103 Å². The Kier molecular flexibility index (Phi) is 4.82. The summed E-state index contributed by atoms with van der Waals surface area (Å²) in [6.07, 6.45) is 0. The molecule has 0 aliphatic carbocycles. The lowest BCUT2D eigenvalue weighted by Crippen LogP contribution is -1.91. The van der Waals surface area contributed by atoms with Crippen molar-refractivity contribution in [2.75, 3.05) is 5.32 Å². The van der Waals surface area contributed by atoms with E-state index in [9.17, 15) is 0 Å². The van der Waals surface area contributed by atoms with Gasteiger partial charge in [0, 0.05) is 27.7 Å². The zero-order valence-corrected chi connectivity index (χ0v) is 19.6. The van der Waals surface area contributed by atoms with Crippen molar-refractivity contribution in [2.24, 2.45) is 0 Å². The van der Waals surface area contributed by atoms with Crippen molar-refractivity contribution in [2.45, 2.75) is 0 Å². The fourth-order valence-electron chi connectivity index (χ4n) is 5.12. The summed E-state index contributed by atoms with van der Waals surface area (Å²) in [4.78, 5) is 0. The summed E-state index contributed by atoms with van der Waals surface area (Å²) in [6, 6.07) is 46.7. The predicted molar refractivity (Wildman–Crippen MR) is 152 cm³/mol. The van der Waals surface area contributed by atoms with Gasteiger partial charge in [0.15, 0.2) is 0 Å². The Labute approximate surface area is 209 Å². The van der Waals surface area contributed by atoms with Crippen molar-refractivity contribution in [3.05, 3.63) is 133 Å². The van der Waals surface area contributed by atoms with Crippen LogP contribution < -0.4 is 5.32 Å². The minimum Gasteiger partial charge on any atom is -0.455 e. The van der Waals surface area contributed by atoms with Crippen LogP contribution in [0.25, 0.3) is 55.0 Å². The van der Waals surface area contributed by atoms with Crippen LogP contribution in [0, 0.1) is 0 Å². The van der Waals surface area contributed by atoms with Crippen molar-refractivity contribution in [1.29, 1.82) is 0 Å². The Morgan fingerprint density at radius 2 is 1.14 bits per heavy atom. The fourth-order valence-corrected chi connectivity index (χ4v) is 5.12. The minimum atomic E-state index is 0.921. The van der Waals surface area contributed by atoms with Crippen LogP contribution in [0.5, 0.6) is 0 Å². The van der Waals surface area contributed by atoms with E-state index >= 15 is 0 Å². The van der Waals surface area contributed by atoms with Gasteiger partial charge < -0.3 is 9.73 Å². The molecule has 170 valence electrons. The van der Waals surface area contributed by atoms with Crippen molar-refractivity contribution < 1.29 is 4.42 Å². The second-order valence-corrected chi connectivity index (χ2v) is 9.09. The van der Waals surface area contributed by atoms with Gasteiger partial charge in [-0.2, -0.15) is 0 Å². The Balaban J connectivity index is 1.20. The SMILES string of the molecule is c1cc(Nc2ccc(-c3cccc4c3oc3ccccc34)cc2)cc(-c2cccc3ccccc23)c1. The first-order chi connectivity index (χ1) is 17.8. The number of fused-ring (bicyclic) bond motifs is 4. The van der Waals surface area contributed by atoms with E-state index in [4.69, 9.17) is 4.42 Å². The van der Waals surface area contributed by atoms with E-state index in [1.54, 1.807) is 0 Å². The lowest BCUT2D eigenvalue weighted by molar-refractivity contribution is 0.670. The number of hydrogen-bond donors (Lipinski definition) is 1. The molecule has 7 rings (SSSR count). The lowest BCUT2D eigenvalue weighted by atomic mass is 9.98. The second kappa shape index (κ2) is 8.44. The number of nitrogens with one attached hydrogen (secondary N) is 1. The molecule has 0 saturated heterocycles. The first-order valence-electron chi connectivity index (χ1n) is 12.2. The van der Waals surface area contributed by atoms with E-state index in [0.29, 0.717) is 0 Å². The molecule has 0 aliphatic rings. The molecule has 0 amide bonds. The normalized spacial score (nSPS) is 11.3. The summed E-state index contributed by atoms with van der Waals surface area (Å²) in [6.45, 7) is 0. The fraction of sp³-hybridized carbons (Fsp3) is 0. The van der Waals surface area contributed by atoms with Gasteiger partial charge in [-0.15, -0.1) is 0 Å². The van der Waals surface area contributed by atoms with Gasteiger partial charge in [-0.05, 0) is 57.8 Å². The average Bonchev–Trinajstić information content (AvgIpc) is 3.32. The molecule has 2 heteroatoms. The third kappa shape index (κ3) is 3.52. The molecule has 1 N–H and O–H groups in total. The lowest BCUT2D eigenvalue weighted by Gasteiger charge is -2.11. The molecule has 0 aliphatic heterocycles. The predicted octanol–water partition coefficient (Wildman–Crippen LogP) is 9.82. The van der Waals surface area contributed by atoms with Crippen molar-refractivity contribution in [1.82, 2.24) is 0 Å². The molecule has 1 heterocycles. The van der Waals surface area contributed by atoms with Crippen molar-refractivity contribution in [3.63, 3.8) is 0 Å². The quantitative estimate of drug-likeness (QED) is 0.282. The van der Waals surface area contributed by atoms with E-state index in [-0.39, 0.29) is 0 Å². The molecule has 36 heavy (non-hydrogen) atoms. The number of benzene rings is 6. The van der Waals surface area contributed by atoms with E-state index in [2.05, 4.69) is 127 Å². The molecule has 0 fully saturated rings. The first kappa shape index (κ1) is 20.5. The summed E-state index contributed by atoms with van der Waals surface area (Å²) in [7, 11) is 0. The van der Waals surface area contributed by atoms with Crippen molar-refractivity contribution in [3.8, 4) is 22.3 Å². The summed E-state index contributed by atoms with van der Waals surface area (Å²) in [5.74, 6) is 0. The third-order valence-electron chi connectivity index (χ3n) is 6.85.